The number of hydrogen-bond acceptors (Lipinski definition) is 9. The zero-order chi connectivity index (χ0) is 27.1. The molecule has 7 rings (SSSR count). The summed E-state index contributed by atoms with van der Waals surface area (Å²) in [4.78, 5) is 33.4. The highest BCUT2D eigenvalue weighted by atomic mass is 35.5. The monoisotopic (exact) mass is 544 g/mol. The maximum atomic E-state index is 14.0. The third-order valence-electron chi connectivity index (χ3n) is 8.39. The molecule has 2 bridgehead atoms. The number of amides is 2. The van der Waals surface area contributed by atoms with Gasteiger partial charge in [-0.2, -0.15) is 5.26 Å². The van der Waals surface area contributed by atoms with Crippen LogP contribution in [0.5, 0.6) is 5.88 Å². The topological polar surface area (TPSA) is 139 Å². The third-order valence-corrected chi connectivity index (χ3v) is 8.62. The zero-order valence-electron chi connectivity index (χ0n) is 20.6. The Morgan fingerprint density at radius 3 is 2.85 bits per heavy atom. The quantitative estimate of drug-likeness (QED) is 0.372. The van der Waals surface area contributed by atoms with Crippen LogP contribution in [-0.2, 0) is 14.3 Å². The van der Waals surface area contributed by atoms with E-state index in [0.717, 1.165) is 0 Å². The van der Waals surface area contributed by atoms with Gasteiger partial charge in [0.15, 0.2) is 5.58 Å². The van der Waals surface area contributed by atoms with Gasteiger partial charge in [0.05, 0.1) is 52.3 Å². The van der Waals surface area contributed by atoms with Gasteiger partial charge in [0.25, 0.3) is 5.88 Å². The lowest BCUT2D eigenvalue weighted by Crippen LogP contribution is -2.49. The molecule has 3 aliphatic rings. The van der Waals surface area contributed by atoms with Crippen molar-refractivity contribution < 1.29 is 28.7 Å². The Morgan fingerprint density at radius 1 is 1.21 bits per heavy atom. The van der Waals surface area contributed by atoms with Crippen molar-refractivity contribution in [3.8, 4) is 11.9 Å². The molecule has 0 saturated carbocycles. The van der Waals surface area contributed by atoms with Gasteiger partial charge in [-0.25, -0.2) is 4.90 Å². The van der Waals surface area contributed by atoms with E-state index in [4.69, 9.17) is 25.6 Å². The number of anilines is 1. The number of hydrogen-bond donors (Lipinski definition) is 1. The summed E-state index contributed by atoms with van der Waals surface area (Å²) in [6.07, 6.45) is 1.03. The molecule has 2 aromatic heterocycles. The number of aliphatic hydroxyl groups excluding tert-OH is 1. The zero-order valence-corrected chi connectivity index (χ0v) is 21.4. The molecule has 0 radical (unpaired) electrons. The van der Waals surface area contributed by atoms with Gasteiger partial charge < -0.3 is 19.1 Å². The van der Waals surface area contributed by atoms with E-state index in [1.807, 2.05) is 0 Å². The fraction of sp³-hybridized carbons (Fsp3) is 0.321. The van der Waals surface area contributed by atoms with Crippen LogP contribution < -0.4 is 9.64 Å². The van der Waals surface area contributed by atoms with Gasteiger partial charge in [-0.1, -0.05) is 11.6 Å². The van der Waals surface area contributed by atoms with Crippen molar-refractivity contribution in [1.29, 1.82) is 5.26 Å². The second-order valence-corrected chi connectivity index (χ2v) is 10.8. The number of nitriles is 1. The predicted molar refractivity (Wildman–Crippen MR) is 138 cm³/mol. The maximum Gasteiger partial charge on any atom is 0.262 e. The fourth-order valence-corrected chi connectivity index (χ4v) is 6.79. The van der Waals surface area contributed by atoms with E-state index in [-0.39, 0.29) is 25.3 Å². The summed E-state index contributed by atoms with van der Waals surface area (Å²) in [5, 5.41) is 26.1. The molecule has 0 aliphatic carbocycles. The van der Waals surface area contributed by atoms with Gasteiger partial charge in [-0.15, -0.1) is 0 Å². The van der Waals surface area contributed by atoms with Crippen LogP contribution in [0.3, 0.4) is 0 Å². The first kappa shape index (κ1) is 24.0. The standard InChI is InChI=1S/C28H21ClN4O6/c1-27-20(34)12-28(39-27,8-10-37-24-17-11-15(29)5-7-19(17)38-32-24)22-21(27)25(35)33(26(22)36)18-6-4-14(13-30)23-16(18)3-2-9-31-23/h2-7,9,11,20-22,34H,8,10,12H2,1H3/t20-,21-,22+,27-,28+/m0/s1. The van der Waals surface area contributed by atoms with E-state index in [9.17, 15) is 20.0 Å². The Hall–Kier alpha value is -4.04. The normalized spacial score (nSPS) is 29.4. The van der Waals surface area contributed by atoms with Crippen LogP contribution in [0.15, 0.2) is 53.2 Å². The van der Waals surface area contributed by atoms with Gasteiger partial charge in [0.2, 0.25) is 11.8 Å². The number of ether oxygens (including phenoxy) is 2. The Kier molecular flexibility index (Phi) is 5.07. The first-order valence-corrected chi connectivity index (χ1v) is 12.9. The number of fused-ring (bicyclic) bond motifs is 7. The first-order valence-electron chi connectivity index (χ1n) is 12.5. The number of benzene rings is 2. The summed E-state index contributed by atoms with van der Waals surface area (Å²) in [6, 6.07) is 13.7. The average Bonchev–Trinajstić information content (AvgIpc) is 3.60. The van der Waals surface area contributed by atoms with Gasteiger partial charge in [-0.05, 0) is 54.5 Å². The summed E-state index contributed by atoms with van der Waals surface area (Å²) in [6.45, 7) is 1.79. The van der Waals surface area contributed by atoms with E-state index >= 15 is 0 Å². The number of aromatic nitrogens is 2. The van der Waals surface area contributed by atoms with Gasteiger partial charge in [0.1, 0.15) is 11.7 Å². The fourth-order valence-electron chi connectivity index (χ4n) is 6.62. The molecule has 1 N–H and O–H groups in total. The predicted octanol–water partition coefficient (Wildman–Crippen LogP) is 3.77. The molecule has 2 aromatic carbocycles. The average molecular weight is 545 g/mol. The Bertz CT molecular complexity index is 1750. The van der Waals surface area contributed by atoms with Crippen molar-refractivity contribution in [2.45, 2.75) is 37.1 Å². The molecule has 3 fully saturated rings. The Balaban J connectivity index is 1.23. The van der Waals surface area contributed by atoms with Gasteiger partial charge >= 0.3 is 0 Å². The molecule has 0 spiro atoms. The molecule has 5 atom stereocenters. The van der Waals surface area contributed by atoms with Crippen molar-refractivity contribution in [3.63, 3.8) is 0 Å². The second kappa shape index (κ2) is 8.23. The highest BCUT2D eigenvalue weighted by Gasteiger charge is 2.77. The Labute approximate surface area is 226 Å². The summed E-state index contributed by atoms with van der Waals surface area (Å²) in [5.74, 6) is -2.28. The number of pyridine rings is 1. The lowest BCUT2D eigenvalue weighted by Gasteiger charge is -2.33. The van der Waals surface area contributed by atoms with E-state index in [1.54, 1.807) is 55.6 Å². The number of carbonyl (C=O) groups is 2. The minimum atomic E-state index is -1.24. The van der Waals surface area contributed by atoms with Crippen molar-refractivity contribution >= 4 is 51.0 Å². The van der Waals surface area contributed by atoms with Crippen LogP contribution in [0.25, 0.3) is 21.9 Å². The van der Waals surface area contributed by atoms with Crippen molar-refractivity contribution in [2.75, 3.05) is 11.5 Å². The van der Waals surface area contributed by atoms with Crippen LogP contribution >= 0.6 is 11.6 Å². The SMILES string of the molecule is C[C@]12O[C@](CCOc3noc4ccc(Cl)cc34)(C[C@@H]1O)[C@H]1C(=O)N(c3ccc(C#N)c4ncccc34)C(=O)[C@H]12. The largest absolute Gasteiger partial charge is 0.475 e. The van der Waals surface area contributed by atoms with Crippen LogP contribution in [-0.4, -0.2) is 51.0 Å². The van der Waals surface area contributed by atoms with Crippen LogP contribution in [0.1, 0.15) is 25.3 Å². The lowest BCUT2D eigenvalue weighted by atomic mass is 9.66. The van der Waals surface area contributed by atoms with Crippen molar-refractivity contribution in [2.24, 2.45) is 11.8 Å². The molecule has 10 nitrogen and oxygen atoms in total. The van der Waals surface area contributed by atoms with Gasteiger partial charge in [0, 0.05) is 29.4 Å². The summed E-state index contributed by atoms with van der Waals surface area (Å²) in [5.41, 5.74) is -0.723. The highest BCUT2D eigenvalue weighted by molar-refractivity contribution is 6.31. The number of imide groups is 1. The van der Waals surface area contributed by atoms with E-state index in [1.165, 1.54) is 4.90 Å². The van der Waals surface area contributed by atoms with Crippen LogP contribution in [0, 0.1) is 23.2 Å². The molecule has 39 heavy (non-hydrogen) atoms. The number of carbonyl (C=O) groups excluding carboxylic acids is 2. The van der Waals surface area contributed by atoms with Gasteiger partial charge in [-0.3, -0.25) is 14.6 Å². The van der Waals surface area contributed by atoms with E-state index in [2.05, 4.69) is 16.2 Å². The number of aliphatic hydroxyl groups is 1. The molecule has 0 unspecified atom stereocenters. The van der Waals surface area contributed by atoms with Crippen LogP contribution in [0.4, 0.5) is 5.69 Å². The van der Waals surface area contributed by atoms with E-state index in [0.29, 0.717) is 38.1 Å². The molecule has 3 aliphatic heterocycles. The van der Waals surface area contributed by atoms with Crippen LogP contribution in [0.2, 0.25) is 5.02 Å². The summed E-state index contributed by atoms with van der Waals surface area (Å²) < 4.78 is 17.6. The van der Waals surface area contributed by atoms with E-state index < -0.39 is 41.0 Å². The third kappa shape index (κ3) is 3.21. The lowest BCUT2D eigenvalue weighted by molar-refractivity contribution is -0.134. The number of halogens is 1. The van der Waals surface area contributed by atoms with Crippen molar-refractivity contribution in [1.82, 2.24) is 10.1 Å². The Morgan fingerprint density at radius 2 is 2.03 bits per heavy atom. The first-order chi connectivity index (χ1) is 18.8. The minimum Gasteiger partial charge on any atom is -0.475 e. The molecule has 2 amide bonds. The number of nitrogens with zero attached hydrogens (tertiary/aromatic N) is 4. The molecule has 11 heteroatoms. The molecule has 5 heterocycles. The molecular formula is C28H21ClN4O6. The molecular weight excluding hydrogens is 524 g/mol. The number of rotatable bonds is 5. The highest BCUT2D eigenvalue weighted by Crippen LogP contribution is 2.62. The molecule has 3 saturated heterocycles. The maximum absolute atomic E-state index is 14.0. The second-order valence-electron chi connectivity index (χ2n) is 10.4. The summed E-state index contributed by atoms with van der Waals surface area (Å²) in [7, 11) is 0. The molecule has 196 valence electrons. The summed E-state index contributed by atoms with van der Waals surface area (Å²) >= 11 is 6.11. The molecule has 4 aromatic rings. The minimum absolute atomic E-state index is 0.103. The van der Waals surface area contributed by atoms with Crippen molar-refractivity contribution in [3.05, 3.63) is 59.2 Å². The smallest absolute Gasteiger partial charge is 0.262 e.